The van der Waals surface area contributed by atoms with Crippen molar-refractivity contribution in [2.75, 3.05) is 18.8 Å². The number of hydrogen-bond donors (Lipinski definition) is 2. The molecule has 0 radical (unpaired) electrons. The molecule has 0 amide bonds. The van der Waals surface area contributed by atoms with E-state index in [0.717, 1.165) is 6.54 Å². The molecule has 0 aliphatic rings. The van der Waals surface area contributed by atoms with Gasteiger partial charge in [-0.2, -0.15) is 0 Å². The van der Waals surface area contributed by atoms with Crippen LogP contribution in [0.15, 0.2) is 40.2 Å². The summed E-state index contributed by atoms with van der Waals surface area (Å²) in [7, 11) is -3.26. The van der Waals surface area contributed by atoms with Gasteiger partial charge in [0, 0.05) is 12.6 Å². The number of nitrogens with one attached hydrogen (secondary N) is 2. The minimum atomic E-state index is -3.26. The van der Waals surface area contributed by atoms with E-state index in [1.165, 1.54) is 0 Å². The molecule has 0 spiro atoms. The van der Waals surface area contributed by atoms with Crippen LogP contribution in [0.2, 0.25) is 0 Å². The highest BCUT2D eigenvalue weighted by atomic mass is 127. The van der Waals surface area contributed by atoms with E-state index in [9.17, 15) is 8.42 Å². The summed E-state index contributed by atoms with van der Waals surface area (Å²) in [5.74, 6) is 0.650. The van der Waals surface area contributed by atoms with Crippen LogP contribution >= 0.6 is 24.0 Å². The average Bonchev–Trinajstić information content (AvgIpc) is 2.39. The van der Waals surface area contributed by atoms with Crippen LogP contribution < -0.4 is 10.6 Å². The molecular formula is C14H24IN3O2S. The minimum Gasteiger partial charge on any atom is -0.357 e. The van der Waals surface area contributed by atoms with Gasteiger partial charge < -0.3 is 10.6 Å². The van der Waals surface area contributed by atoms with Gasteiger partial charge in [0.15, 0.2) is 15.8 Å². The first-order valence-electron chi connectivity index (χ1n) is 6.78. The van der Waals surface area contributed by atoms with Crippen molar-refractivity contribution < 1.29 is 8.42 Å². The van der Waals surface area contributed by atoms with E-state index in [4.69, 9.17) is 0 Å². The normalized spacial score (nSPS) is 11.9. The molecule has 0 atom stereocenters. The van der Waals surface area contributed by atoms with Crippen molar-refractivity contribution in [2.45, 2.75) is 31.7 Å². The molecule has 120 valence electrons. The van der Waals surface area contributed by atoms with E-state index in [2.05, 4.69) is 15.6 Å². The standard InChI is InChI=1S/C14H23N3O2S.HI/c1-4-15-14(17-12(2)3)16-10-11-20(18,19)13-8-6-5-7-9-13;/h5-9,12H,4,10-11H2,1-3H3,(H2,15,16,17);1H. The van der Waals surface area contributed by atoms with Crippen molar-refractivity contribution in [3.05, 3.63) is 30.3 Å². The molecule has 0 heterocycles. The smallest absolute Gasteiger partial charge is 0.191 e. The molecule has 0 saturated heterocycles. The fraction of sp³-hybridized carbons (Fsp3) is 0.500. The Balaban J connectivity index is 0.00000400. The number of rotatable bonds is 6. The molecule has 0 unspecified atom stereocenters. The lowest BCUT2D eigenvalue weighted by molar-refractivity contribution is 0.596. The van der Waals surface area contributed by atoms with Crippen LogP contribution in [0.4, 0.5) is 0 Å². The maximum Gasteiger partial charge on any atom is 0.191 e. The zero-order chi connectivity index (χ0) is 15.0. The average molecular weight is 425 g/mol. The molecule has 1 aromatic carbocycles. The number of nitrogens with zero attached hydrogens (tertiary/aromatic N) is 1. The van der Waals surface area contributed by atoms with Crippen molar-refractivity contribution >= 4 is 39.8 Å². The summed E-state index contributed by atoms with van der Waals surface area (Å²) in [4.78, 5) is 4.62. The fourth-order valence-corrected chi connectivity index (χ4v) is 2.76. The van der Waals surface area contributed by atoms with E-state index in [1.54, 1.807) is 30.3 Å². The third kappa shape index (κ3) is 7.66. The predicted octanol–water partition coefficient (Wildman–Crippen LogP) is 2.04. The van der Waals surface area contributed by atoms with Crippen LogP contribution in [0.1, 0.15) is 20.8 Å². The molecule has 0 saturated carbocycles. The molecule has 0 aromatic heterocycles. The zero-order valence-electron chi connectivity index (χ0n) is 12.7. The van der Waals surface area contributed by atoms with Gasteiger partial charge in [-0.1, -0.05) is 18.2 Å². The molecule has 0 bridgehead atoms. The van der Waals surface area contributed by atoms with Crippen LogP contribution in [0.25, 0.3) is 0 Å². The molecule has 21 heavy (non-hydrogen) atoms. The molecule has 1 aromatic rings. The molecule has 7 heteroatoms. The molecule has 0 fully saturated rings. The van der Waals surface area contributed by atoms with Gasteiger partial charge in [0.2, 0.25) is 0 Å². The van der Waals surface area contributed by atoms with Gasteiger partial charge in [0.05, 0.1) is 17.2 Å². The van der Waals surface area contributed by atoms with E-state index in [0.29, 0.717) is 10.9 Å². The highest BCUT2D eigenvalue weighted by Crippen LogP contribution is 2.09. The topological polar surface area (TPSA) is 70.6 Å². The zero-order valence-corrected chi connectivity index (χ0v) is 15.8. The van der Waals surface area contributed by atoms with Crippen molar-refractivity contribution in [3.63, 3.8) is 0 Å². The van der Waals surface area contributed by atoms with Gasteiger partial charge >= 0.3 is 0 Å². The SMILES string of the molecule is CCNC(=NCCS(=O)(=O)c1ccccc1)NC(C)C.I. The first-order chi connectivity index (χ1) is 9.45. The maximum atomic E-state index is 12.1. The summed E-state index contributed by atoms with van der Waals surface area (Å²) >= 11 is 0. The molecule has 0 aliphatic carbocycles. The van der Waals surface area contributed by atoms with E-state index >= 15 is 0 Å². The Morgan fingerprint density at radius 2 is 1.86 bits per heavy atom. The third-order valence-corrected chi connectivity index (χ3v) is 4.21. The minimum absolute atomic E-state index is 0. The van der Waals surface area contributed by atoms with E-state index in [-0.39, 0.29) is 42.3 Å². The van der Waals surface area contributed by atoms with Crippen molar-refractivity contribution in [3.8, 4) is 0 Å². The lowest BCUT2D eigenvalue weighted by Crippen LogP contribution is -2.41. The monoisotopic (exact) mass is 425 g/mol. The Morgan fingerprint density at radius 3 is 2.38 bits per heavy atom. The van der Waals surface area contributed by atoms with Gasteiger partial charge in [0.1, 0.15) is 0 Å². The maximum absolute atomic E-state index is 12.1. The van der Waals surface area contributed by atoms with Gasteiger partial charge in [-0.15, -0.1) is 24.0 Å². The van der Waals surface area contributed by atoms with Crippen LogP contribution in [0.5, 0.6) is 0 Å². The molecule has 5 nitrogen and oxygen atoms in total. The number of guanidine groups is 1. The number of halogens is 1. The van der Waals surface area contributed by atoms with E-state index in [1.807, 2.05) is 20.8 Å². The summed E-state index contributed by atoms with van der Waals surface area (Å²) < 4.78 is 24.2. The number of sulfone groups is 1. The Hall–Kier alpha value is -0.830. The van der Waals surface area contributed by atoms with Gasteiger partial charge in [0.25, 0.3) is 0 Å². The first-order valence-corrected chi connectivity index (χ1v) is 8.43. The highest BCUT2D eigenvalue weighted by Gasteiger charge is 2.13. The third-order valence-electron chi connectivity index (χ3n) is 2.50. The molecule has 1 rings (SSSR count). The highest BCUT2D eigenvalue weighted by molar-refractivity contribution is 14.0. The molecule has 2 N–H and O–H groups in total. The Bertz CT molecular complexity index is 530. The quantitative estimate of drug-likeness (QED) is 0.416. The number of benzene rings is 1. The van der Waals surface area contributed by atoms with Crippen molar-refractivity contribution in [2.24, 2.45) is 4.99 Å². The second-order valence-electron chi connectivity index (χ2n) is 4.69. The molecule has 0 aliphatic heterocycles. The summed E-state index contributed by atoms with van der Waals surface area (Å²) in [5.41, 5.74) is 0. The summed E-state index contributed by atoms with van der Waals surface area (Å²) in [6, 6.07) is 8.71. The lowest BCUT2D eigenvalue weighted by Gasteiger charge is -2.13. The van der Waals surface area contributed by atoms with Gasteiger partial charge in [-0.25, -0.2) is 8.42 Å². The number of hydrogen-bond acceptors (Lipinski definition) is 3. The van der Waals surface area contributed by atoms with E-state index < -0.39 is 9.84 Å². The second-order valence-corrected chi connectivity index (χ2v) is 6.80. The van der Waals surface area contributed by atoms with Crippen molar-refractivity contribution in [1.29, 1.82) is 0 Å². The van der Waals surface area contributed by atoms with Crippen LogP contribution in [0.3, 0.4) is 0 Å². The summed E-state index contributed by atoms with van der Waals surface area (Å²) in [5, 5.41) is 6.23. The number of aliphatic imine (C=N–C) groups is 1. The Labute approximate surface area is 144 Å². The Morgan fingerprint density at radius 1 is 1.24 bits per heavy atom. The lowest BCUT2D eigenvalue weighted by atomic mass is 10.4. The fourth-order valence-electron chi connectivity index (χ4n) is 1.62. The second kappa shape index (κ2) is 9.99. The van der Waals surface area contributed by atoms with Crippen LogP contribution in [-0.2, 0) is 9.84 Å². The van der Waals surface area contributed by atoms with Crippen molar-refractivity contribution in [1.82, 2.24) is 10.6 Å². The Kier molecular flexibility index (Phi) is 9.60. The summed E-state index contributed by atoms with van der Waals surface area (Å²) in [6.45, 7) is 6.96. The van der Waals surface area contributed by atoms with Crippen LogP contribution in [-0.4, -0.2) is 39.3 Å². The largest absolute Gasteiger partial charge is 0.357 e. The molecular weight excluding hydrogens is 401 g/mol. The summed E-state index contributed by atoms with van der Waals surface area (Å²) in [6.07, 6.45) is 0. The van der Waals surface area contributed by atoms with Crippen LogP contribution in [0, 0.1) is 0 Å². The predicted molar refractivity (Wildman–Crippen MR) is 98.2 cm³/mol. The van der Waals surface area contributed by atoms with Gasteiger partial charge in [-0.3, -0.25) is 4.99 Å². The van der Waals surface area contributed by atoms with Gasteiger partial charge in [-0.05, 0) is 32.9 Å². The first kappa shape index (κ1) is 20.2.